The summed E-state index contributed by atoms with van der Waals surface area (Å²) in [7, 11) is -3.14. The van der Waals surface area contributed by atoms with Gasteiger partial charge >= 0.3 is 0 Å². The number of hydrogen-bond donors (Lipinski definition) is 3. The molecule has 0 aliphatic carbocycles. The summed E-state index contributed by atoms with van der Waals surface area (Å²) in [6, 6.07) is 0. The highest BCUT2D eigenvalue weighted by atomic mass is 32.2. The van der Waals surface area contributed by atoms with Crippen LogP contribution in [0, 0.1) is 5.92 Å². The molecule has 0 radical (unpaired) electrons. The van der Waals surface area contributed by atoms with Crippen LogP contribution in [0.2, 0.25) is 0 Å². The first-order chi connectivity index (χ1) is 10.8. The zero-order valence-electron chi connectivity index (χ0n) is 14.0. The Hall–Kier alpha value is -1.35. The van der Waals surface area contributed by atoms with Gasteiger partial charge in [0.25, 0.3) is 0 Å². The molecular formula is C14H29N5O3S. The van der Waals surface area contributed by atoms with E-state index in [0.717, 1.165) is 44.7 Å². The van der Waals surface area contributed by atoms with Crippen LogP contribution in [-0.2, 0) is 14.8 Å². The van der Waals surface area contributed by atoms with Crippen molar-refractivity contribution >= 4 is 21.9 Å². The van der Waals surface area contributed by atoms with E-state index in [-0.39, 0.29) is 11.8 Å². The van der Waals surface area contributed by atoms with E-state index in [4.69, 9.17) is 5.73 Å². The lowest BCUT2D eigenvalue weighted by molar-refractivity contribution is -0.119. The van der Waals surface area contributed by atoms with Gasteiger partial charge in [-0.05, 0) is 32.1 Å². The third kappa shape index (κ3) is 8.75. The number of sulfonamides is 1. The number of primary amides is 1. The van der Waals surface area contributed by atoms with Gasteiger partial charge in [-0.1, -0.05) is 0 Å². The molecule has 134 valence electrons. The zero-order chi connectivity index (χ0) is 17.3. The molecule has 0 aromatic rings. The molecule has 1 heterocycles. The molecule has 0 spiro atoms. The lowest BCUT2D eigenvalue weighted by Gasteiger charge is -2.34. The molecule has 1 rings (SSSR count). The fourth-order valence-corrected chi connectivity index (χ4v) is 3.17. The van der Waals surface area contributed by atoms with Crippen LogP contribution in [0.4, 0.5) is 0 Å². The molecule has 0 aromatic heterocycles. The van der Waals surface area contributed by atoms with E-state index in [9.17, 15) is 13.2 Å². The highest BCUT2D eigenvalue weighted by Crippen LogP contribution is 2.19. The number of carbonyl (C=O) groups is 1. The second-order valence-corrected chi connectivity index (χ2v) is 7.71. The molecule has 9 heteroatoms. The van der Waals surface area contributed by atoms with E-state index < -0.39 is 10.0 Å². The monoisotopic (exact) mass is 347 g/mol. The van der Waals surface area contributed by atoms with E-state index in [0.29, 0.717) is 25.9 Å². The van der Waals surface area contributed by atoms with Crippen molar-refractivity contribution in [1.82, 2.24) is 14.9 Å². The average Bonchev–Trinajstić information content (AvgIpc) is 2.44. The summed E-state index contributed by atoms with van der Waals surface area (Å²) < 4.78 is 24.4. The molecule has 1 amide bonds. The lowest BCUT2D eigenvalue weighted by Crippen LogP contribution is -2.47. The van der Waals surface area contributed by atoms with E-state index in [1.807, 2.05) is 6.92 Å². The minimum absolute atomic E-state index is 0.259. The minimum atomic E-state index is -3.14. The zero-order valence-corrected chi connectivity index (χ0v) is 14.9. The van der Waals surface area contributed by atoms with Crippen LogP contribution in [0.3, 0.4) is 0 Å². The molecule has 1 aliphatic rings. The van der Waals surface area contributed by atoms with Crippen LogP contribution in [-0.4, -0.2) is 64.2 Å². The highest BCUT2D eigenvalue weighted by molar-refractivity contribution is 7.88. The van der Waals surface area contributed by atoms with E-state index in [1.54, 1.807) is 0 Å². The van der Waals surface area contributed by atoms with Gasteiger partial charge in [-0.3, -0.25) is 9.79 Å². The summed E-state index contributed by atoms with van der Waals surface area (Å²) in [5, 5.41) is 3.25. The number of nitrogens with zero attached hydrogens (tertiary/aromatic N) is 2. The molecule has 8 nitrogen and oxygen atoms in total. The second kappa shape index (κ2) is 9.71. The molecule has 0 bridgehead atoms. The van der Waals surface area contributed by atoms with Crippen molar-refractivity contribution in [1.29, 1.82) is 0 Å². The Morgan fingerprint density at radius 3 is 2.78 bits per heavy atom. The lowest BCUT2D eigenvalue weighted by atomic mass is 9.95. The van der Waals surface area contributed by atoms with Crippen molar-refractivity contribution in [2.45, 2.75) is 32.6 Å². The predicted molar refractivity (Wildman–Crippen MR) is 91.6 cm³/mol. The Morgan fingerprint density at radius 2 is 2.17 bits per heavy atom. The molecule has 1 fully saturated rings. The molecule has 0 saturated carbocycles. The van der Waals surface area contributed by atoms with Crippen molar-refractivity contribution in [3.63, 3.8) is 0 Å². The Morgan fingerprint density at radius 1 is 1.43 bits per heavy atom. The highest BCUT2D eigenvalue weighted by Gasteiger charge is 2.23. The van der Waals surface area contributed by atoms with Crippen molar-refractivity contribution < 1.29 is 13.2 Å². The Bertz CT molecular complexity index is 507. The summed E-state index contributed by atoms with van der Waals surface area (Å²) >= 11 is 0. The summed E-state index contributed by atoms with van der Waals surface area (Å²) in [4.78, 5) is 17.8. The van der Waals surface area contributed by atoms with Gasteiger partial charge < -0.3 is 16.0 Å². The molecule has 0 aromatic carbocycles. The SMILES string of the molecule is CCNC(=NCCCNS(C)(=O)=O)N1CCCC(CC(N)=O)C1. The summed E-state index contributed by atoms with van der Waals surface area (Å²) in [5.74, 6) is 0.837. The van der Waals surface area contributed by atoms with Gasteiger partial charge in [0, 0.05) is 39.1 Å². The van der Waals surface area contributed by atoms with Gasteiger partial charge in [0.2, 0.25) is 15.9 Å². The number of nitrogens with two attached hydrogens (primary N) is 1. The maximum absolute atomic E-state index is 11.1. The maximum atomic E-state index is 11.1. The van der Waals surface area contributed by atoms with Gasteiger partial charge in [0.1, 0.15) is 0 Å². The second-order valence-electron chi connectivity index (χ2n) is 5.88. The Balaban J connectivity index is 2.51. The fraction of sp³-hybridized carbons (Fsp3) is 0.857. The molecule has 1 unspecified atom stereocenters. The van der Waals surface area contributed by atoms with Gasteiger partial charge in [-0.2, -0.15) is 0 Å². The van der Waals surface area contributed by atoms with E-state index >= 15 is 0 Å². The number of piperidine rings is 1. The minimum Gasteiger partial charge on any atom is -0.370 e. The van der Waals surface area contributed by atoms with Crippen molar-refractivity contribution in [3.8, 4) is 0 Å². The number of aliphatic imine (C=N–C) groups is 1. The van der Waals surface area contributed by atoms with Crippen LogP contribution in [0.5, 0.6) is 0 Å². The molecular weight excluding hydrogens is 318 g/mol. The standard InChI is InChI=1S/C14H29N5O3S/c1-3-16-14(17-7-5-8-18-23(2,21)22)19-9-4-6-12(11-19)10-13(15)20/h12,18H,3-11H2,1-2H3,(H2,15,20)(H,16,17). The van der Waals surface area contributed by atoms with Crippen molar-refractivity contribution in [3.05, 3.63) is 0 Å². The quantitative estimate of drug-likeness (QED) is 0.310. The molecule has 1 aliphatic heterocycles. The van der Waals surface area contributed by atoms with E-state index in [2.05, 4.69) is 19.9 Å². The third-order valence-electron chi connectivity index (χ3n) is 3.60. The van der Waals surface area contributed by atoms with Crippen LogP contribution < -0.4 is 15.8 Å². The van der Waals surface area contributed by atoms with Gasteiger partial charge in [0.05, 0.1) is 6.26 Å². The summed E-state index contributed by atoms with van der Waals surface area (Å²) in [6.07, 6.45) is 4.22. The average molecular weight is 347 g/mol. The van der Waals surface area contributed by atoms with Gasteiger partial charge in [-0.25, -0.2) is 13.1 Å². The van der Waals surface area contributed by atoms with Crippen LogP contribution in [0.1, 0.15) is 32.6 Å². The van der Waals surface area contributed by atoms with Crippen LogP contribution in [0.15, 0.2) is 4.99 Å². The molecule has 23 heavy (non-hydrogen) atoms. The normalized spacial score (nSPS) is 19.7. The summed E-state index contributed by atoms with van der Waals surface area (Å²) in [6.45, 7) is 5.37. The smallest absolute Gasteiger partial charge is 0.217 e. The fourth-order valence-electron chi connectivity index (χ4n) is 2.66. The number of likely N-dealkylation sites (tertiary alicyclic amines) is 1. The van der Waals surface area contributed by atoms with Gasteiger partial charge in [-0.15, -0.1) is 0 Å². The Kier molecular flexibility index (Phi) is 8.32. The first-order valence-corrected chi connectivity index (χ1v) is 9.97. The van der Waals surface area contributed by atoms with E-state index in [1.165, 1.54) is 0 Å². The summed E-state index contributed by atoms with van der Waals surface area (Å²) in [5.41, 5.74) is 5.29. The number of rotatable bonds is 8. The molecule has 4 N–H and O–H groups in total. The van der Waals surface area contributed by atoms with Crippen molar-refractivity contribution in [2.75, 3.05) is 39.0 Å². The number of nitrogens with one attached hydrogen (secondary N) is 2. The maximum Gasteiger partial charge on any atom is 0.217 e. The third-order valence-corrected chi connectivity index (χ3v) is 4.33. The van der Waals surface area contributed by atoms with Crippen LogP contribution in [0.25, 0.3) is 0 Å². The largest absolute Gasteiger partial charge is 0.370 e. The number of hydrogen-bond acceptors (Lipinski definition) is 4. The van der Waals surface area contributed by atoms with Crippen molar-refractivity contribution in [2.24, 2.45) is 16.6 Å². The molecule has 1 atom stereocenters. The predicted octanol–water partition coefficient (Wildman–Crippen LogP) is -0.521. The number of carbonyl (C=O) groups excluding carboxylic acids is 1. The Labute approximate surface area is 138 Å². The number of amides is 1. The van der Waals surface area contributed by atoms with Crippen LogP contribution >= 0.6 is 0 Å². The first-order valence-electron chi connectivity index (χ1n) is 8.08. The topological polar surface area (TPSA) is 117 Å². The van der Waals surface area contributed by atoms with Gasteiger partial charge in [0.15, 0.2) is 5.96 Å². The number of guanidine groups is 1. The first kappa shape index (κ1) is 19.7. The molecule has 1 saturated heterocycles.